The van der Waals surface area contributed by atoms with E-state index in [1.165, 1.54) is 5.56 Å². The lowest BCUT2D eigenvalue weighted by Gasteiger charge is -2.17. The predicted molar refractivity (Wildman–Crippen MR) is 108 cm³/mol. The Morgan fingerprint density at radius 1 is 1.07 bits per heavy atom. The van der Waals surface area contributed by atoms with Gasteiger partial charge < -0.3 is 9.47 Å². The summed E-state index contributed by atoms with van der Waals surface area (Å²) < 4.78 is 10.6. The Hall–Kier alpha value is -2.18. The summed E-state index contributed by atoms with van der Waals surface area (Å²) in [6.45, 7) is 0. The average Bonchev–Trinajstić information content (AvgIpc) is 2.71. The van der Waals surface area contributed by atoms with Crippen LogP contribution in [0.25, 0.3) is 0 Å². The van der Waals surface area contributed by atoms with Crippen molar-refractivity contribution in [1.82, 2.24) is 5.48 Å². The van der Waals surface area contributed by atoms with Crippen LogP contribution in [0.15, 0.2) is 53.4 Å². The number of carbonyl (C=O) groups is 1. The number of methoxy groups -OCH3 is 2. The predicted octanol–water partition coefficient (Wildman–Crippen LogP) is 4.47. The van der Waals surface area contributed by atoms with E-state index in [0.717, 1.165) is 30.6 Å². The summed E-state index contributed by atoms with van der Waals surface area (Å²) in [5.41, 5.74) is 3.07. The number of benzene rings is 2. The van der Waals surface area contributed by atoms with E-state index in [9.17, 15) is 4.79 Å². The van der Waals surface area contributed by atoms with Gasteiger partial charge in [0.15, 0.2) is 11.5 Å². The molecule has 0 radical (unpaired) electrons. The quantitative estimate of drug-likeness (QED) is 0.257. The second-order valence-electron chi connectivity index (χ2n) is 6.23. The Morgan fingerprint density at radius 3 is 2.48 bits per heavy atom. The summed E-state index contributed by atoms with van der Waals surface area (Å²) in [6, 6.07) is 16.1. The van der Waals surface area contributed by atoms with Crippen molar-refractivity contribution >= 4 is 17.7 Å². The Kier molecular flexibility index (Phi) is 9.01. The first-order valence-corrected chi connectivity index (χ1v) is 9.89. The number of aryl methyl sites for hydroxylation is 1. The fraction of sp³-hybridized carbons (Fsp3) is 0.381. The Bertz CT molecular complexity index is 709. The fourth-order valence-corrected chi connectivity index (χ4v) is 4.11. The number of rotatable bonds is 11. The third kappa shape index (κ3) is 7.15. The molecule has 2 aromatic carbocycles. The molecule has 2 rings (SSSR count). The first-order valence-electron chi connectivity index (χ1n) is 9.01. The number of nitrogens with one attached hydrogen (secondary N) is 1. The number of ether oxygens (including phenoxy) is 2. The van der Waals surface area contributed by atoms with Gasteiger partial charge in [-0.3, -0.25) is 10.0 Å². The van der Waals surface area contributed by atoms with Crippen LogP contribution in [-0.2, 0) is 11.2 Å². The van der Waals surface area contributed by atoms with Gasteiger partial charge in [0.25, 0.3) is 0 Å². The normalized spacial score (nSPS) is 11.7. The molecule has 0 aliphatic heterocycles. The second kappa shape index (κ2) is 11.5. The SMILES string of the molecule is COc1ccc(SC(CCCCc2ccccc2)CC(=O)NO)cc1OC. The average molecular weight is 390 g/mol. The summed E-state index contributed by atoms with van der Waals surface area (Å²) in [7, 11) is 3.21. The minimum atomic E-state index is -0.365. The molecule has 2 aromatic rings. The lowest BCUT2D eigenvalue weighted by atomic mass is 10.1. The van der Waals surface area contributed by atoms with Gasteiger partial charge in [0.1, 0.15) is 0 Å². The van der Waals surface area contributed by atoms with E-state index in [2.05, 4.69) is 24.3 Å². The number of amides is 1. The van der Waals surface area contributed by atoms with Crippen LogP contribution in [0, 0.1) is 0 Å². The van der Waals surface area contributed by atoms with E-state index in [1.807, 2.05) is 24.3 Å². The summed E-state index contributed by atoms with van der Waals surface area (Å²) >= 11 is 1.62. The first kappa shape index (κ1) is 21.1. The van der Waals surface area contributed by atoms with Crippen LogP contribution in [0.3, 0.4) is 0 Å². The van der Waals surface area contributed by atoms with Crippen LogP contribution < -0.4 is 15.0 Å². The number of thioether (sulfide) groups is 1. The topological polar surface area (TPSA) is 67.8 Å². The minimum absolute atomic E-state index is 0.0750. The molecule has 27 heavy (non-hydrogen) atoms. The maximum atomic E-state index is 11.7. The highest BCUT2D eigenvalue weighted by Crippen LogP contribution is 2.35. The van der Waals surface area contributed by atoms with Gasteiger partial charge >= 0.3 is 0 Å². The maximum Gasteiger partial charge on any atom is 0.244 e. The number of hydrogen-bond acceptors (Lipinski definition) is 5. The number of carbonyl (C=O) groups excluding carboxylic acids is 1. The Labute approximate surface area is 165 Å². The van der Waals surface area contributed by atoms with Crippen LogP contribution in [-0.4, -0.2) is 30.6 Å². The highest BCUT2D eigenvalue weighted by molar-refractivity contribution is 8.00. The van der Waals surface area contributed by atoms with E-state index < -0.39 is 0 Å². The van der Waals surface area contributed by atoms with Crippen molar-refractivity contribution in [3.63, 3.8) is 0 Å². The molecule has 5 nitrogen and oxygen atoms in total. The zero-order valence-corrected chi connectivity index (χ0v) is 16.6. The highest BCUT2D eigenvalue weighted by Gasteiger charge is 2.16. The van der Waals surface area contributed by atoms with Crippen LogP contribution in [0.4, 0.5) is 0 Å². The van der Waals surface area contributed by atoms with Gasteiger partial charge in [0.2, 0.25) is 5.91 Å². The maximum absolute atomic E-state index is 11.7. The summed E-state index contributed by atoms with van der Waals surface area (Å²) in [5, 5.41) is 8.95. The van der Waals surface area contributed by atoms with Gasteiger partial charge in [-0.1, -0.05) is 36.8 Å². The van der Waals surface area contributed by atoms with Crippen LogP contribution in [0.5, 0.6) is 11.5 Å². The third-order valence-corrected chi connectivity index (χ3v) is 5.54. The van der Waals surface area contributed by atoms with Gasteiger partial charge in [0, 0.05) is 16.6 Å². The molecule has 0 aliphatic carbocycles. The Balaban J connectivity index is 1.94. The molecule has 1 amide bonds. The first-order chi connectivity index (χ1) is 13.2. The molecule has 2 N–H and O–H groups in total. The van der Waals surface area contributed by atoms with Crippen molar-refractivity contribution in [3.05, 3.63) is 54.1 Å². The number of unbranched alkanes of at least 4 members (excludes halogenated alkanes) is 1. The standard InChI is InChI=1S/C21H27NO4S/c1-25-19-13-12-18(14-20(19)26-2)27-17(15-21(23)22-24)11-7-6-10-16-8-4-3-5-9-16/h3-5,8-9,12-14,17,24H,6-7,10-11,15H2,1-2H3,(H,22,23). The van der Waals surface area contributed by atoms with E-state index in [-0.39, 0.29) is 17.6 Å². The highest BCUT2D eigenvalue weighted by atomic mass is 32.2. The largest absolute Gasteiger partial charge is 0.493 e. The van der Waals surface area contributed by atoms with Crippen LogP contribution in [0.1, 0.15) is 31.2 Å². The fourth-order valence-electron chi connectivity index (χ4n) is 2.88. The van der Waals surface area contributed by atoms with Crippen molar-refractivity contribution in [3.8, 4) is 11.5 Å². The van der Waals surface area contributed by atoms with Gasteiger partial charge in [0.05, 0.1) is 14.2 Å². The minimum Gasteiger partial charge on any atom is -0.493 e. The third-order valence-electron chi connectivity index (χ3n) is 4.28. The van der Waals surface area contributed by atoms with Crippen molar-refractivity contribution in [2.24, 2.45) is 0 Å². The van der Waals surface area contributed by atoms with Crippen molar-refractivity contribution in [1.29, 1.82) is 0 Å². The molecule has 0 fully saturated rings. The zero-order chi connectivity index (χ0) is 19.5. The molecule has 0 aromatic heterocycles. The van der Waals surface area contributed by atoms with Crippen molar-refractivity contribution in [2.75, 3.05) is 14.2 Å². The molecule has 0 saturated heterocycles. The molecular formula is C21H27NO4S. The molecule has 0 aliphatic rings. The Morgan fingerprint density at radius 2 is 1.81 bits per heavy atom. The van der Waals surface area contributed by atoms with E-state index in [4.69, 9.17) is 14.7 Å². The summed E-state index contributed by atoms with van der Waals surface area (Å²) in [5.74, 6) is 0.974. The van der Waals surface area contributed by atoms with Gasteiger partial charge in [-0.15, -0.1) is 11.8 Å². The van der Waals surface area contributed by atoms with Gasteiger partial charge in [-0.2, -0.15) is 0 Å². The number of hydroxylamine groups is 1. The van der Waals surface area contributed by atoms with Gasteiger partial charge in [-0.05, 0) is 43.0 Å². The van der Waals surface area contributed by atoms with Gasteiger partial charge in [-0.25, -0.2) is 5.48 Å². The van der Waals surface area contributed by atoms with Crippen molar-refractivity contribution in [2.45, 2.75) is 42.2 Å². The molecule has 6 heteroatoms. The summed E-state index contributed by atoms with van der Waals surface area (Å²) in [6.07, 6.45) is 4.26. The lowest BCUT2D eigenvalue weighted by Crippen LogP contribution is -2.23. The number of hydrogen-bond donors (Lipinski definition) is 2. The smallest absolute Gasteiger partial charge is 0.244 e. The molecule has 0 saturated carbocycles. The van der Waals surface area contributed by atoms with Crippen LogP contribution in [0.2, 0.25) is 0 Å². The zero-order valence-electron chi connectivity index (χ0n) is 15.8. The molecule has 1 unspecified atom stereocenters. The molecule has 0 heterocycles. The molecular weight excluding hydrogens is 362 g/mol. The molecule has 146 valence electrons. The van der Waals surface area contributed by atoms with Crippen molar-refractivity contribution < 1.29 is 19.5 Å². The summed E-state index contributed by atoms with van der Waals surface area (Å²) in [4.78, 5) is 12.7. The lowest BCUT2D eigenvalue weighted by molar-refractivity contribution is -0.129. The van der Waals surface area contributed by atoms with E-state index in [1.54, 1.807) is 31.5 Å². The molecule has 1 atom stereocenters. The van der Waals surface area contributed by atoms with E-state index >= 15 is 0 Å². The molecule has 0 bridgehead atoms. The monoisotopic (exact) mass is 389 g/mol. The second-order valence-corrected chi connectivity index (χ2v) is 7.60. The van der Waals surface area contributed by atoms with E-state index in [0.29, 0.717) is 11.5 Å². The van der Waals surface area contributed by atoms with Crippen LogP contribution >= 0.6 is 11.8 Å². The molecule has 0 spiro atoms.